The van der Waals surface area contributed by atoms with Crippen LogP contribution in [0.2, 0.25) is 0 Å². The van der Waals surface area contributed by atoms with Crippen LogP contribution in [0.25, 0.3) is 0 Å². The van der Waals surface area contributed by atoms with Crippen molar-refractivity contribution in [3.8, 4) is 0 Å². The summed E-state index contributed by atoms with van der Waals surface area (Å²) in [5.74, 6) is 0.290. The molecular weight excluding hydrogens is 230 g/mol. The Kier molecular flexibility index (Phi) is 5.15. The first-order valence-electron chi connectivity index (χ1n) is 5.97. The SMILES string of the molecule is CN(CCCC(C)(C)C(=N)N)Cc1cccs1. The van der Waals surface area contributed by atoms with Gasteiger partial charge in [0.05, 0.1) is 5.84 Å². The lowest BCUT2D eigenvalue weighted by atomic mass is 9.86. The lowest BCUT2D eigenvalue weighted by Gasteiger charge is -2.24. The Morgan fingerprint density at radius 3 is 2.76 bits per heavy atom. The first-order valence-corrected chi connectivity index (χ1v) is 6.85. The third-order valence-electron chi connectivity index (χ3n) is 3.08. The van der Waals surface area contributed by atoms with Gasteiger partial charge in [-0.3, -0.25) is 5.41 Å². The maximum atomic E-state index is 7.51. The molecule has 0 radical (unpaired) electrons. The fourth-order valence-corrected chi connectivity index (χ4v) is 2.46. The van der Waals surface area contributed by atoms with Gasteiger partial charge in [-0.2, -0.15) is 0 Å². The molecule has 0 fully saturated rings. The minimum atomic E-state index is -0.163. The molecule has 0 atom stereocenters. The zero-order valence-electron chi connectivity index (χ0n) is 11.0. The van der Waals surface area contributed by atoms with Crippen molar-refractivity contribution < 1.29 is 0 Å². The molecule has 0 aliphatic heterocycles. The van der Waals surface area contributed by atoms with Gasteiger partial charge in [-0.1, -0.05) is 19.9 Å². The standard InChI is InChI=1S/C13H23N3S/c1-13(2,12(14)15)7-5-8-16(3)10-11-6-4-9-17-11/h4,6,9H,5,7-8,10H2,1-3H3,(H3,14,15). The molecule has 0 unspecified atom stereocenters. The van der Waals surface area contributed by atoms with E-state index in [-0.39, 0.29) is 5.41 Å². The van der Waals surface area contributed by atoms with Crippen molar-refractivity contribution in [2.45, 2.75) is 33.2 Å². The molecule has 1 heterocycles. The van der Waals surface area contributed by atoms with E-state index in [0.717, 1.165) is 25.9 Å². The fraction of sp³-hybridized carbons (Fsp3) is 0.615. The molecule has 4 heteroatoms. The van der Waals surface area contributed by atoms with Gasteiger partial charge >= 0.3 is 0 Å². The molecule has 96 valence electrons. The van der Waals surface area contributed by atoms with Gasteiger partial charge in [-0.15, -0.1) is 11.3 Å². The Balaban J connectivity index is 2.25. The summed E-state index contributed by atoms with van der Waals surface area (Å²) in [6, 6.07) is 4.26. The monoisotopic (exact) mass is 253 g/mol. The molecule has 0 spiro atoms. The molecule has 1 rings (SSSR count). The number of rotatable bonds is 7. The molecule has 0 aliphatic rings. The Labute approximate surface area is 108 Å². The summed E-state index contributed by atoms with van der Waals surface area (Å²) in [5, 5.41) is 9.62. The van der Waals surface area contributed by atoms with Crippen molar-refractivity contribution in [3.05, 3.63) is 22.4 Å². The second kappa shape index (κ2) is 6.17. The van der Waals surface area contributed by atoms with E-state index in [1.807, 2.05) is 13.8 Å². The van der Waals surface area contributed by atoms with Crippen LogP contribution >= 0.6 is 11.3 Å². The lowest BCUT2D eigenvalue weighted by Crippen LogP contribution is -2.31. The van der Waals surface area contributed by atoms with E-state index in [0.29, 0.717) is 5.84 Å². The summed E-state index contributed by atoms with van der Waals surface area (Å²) in [6.07, 6.45) is 2.05. The van der Waals surface area contributed by atoms with E-state index >= 15 is 0 Å². The molecule has 0 aromatic carbocycles. The summed E-state index contributed by atoms with van der Waals surface area (Å²) in [4.78, 5) is 3.72. The highest BCUT2D eigenvalue weighted by atomic mass is 32.1. The third kappa shape index (κ3) is 4.88. The first-order chi connectivity index (χ1) is 7.92. The van der Waals surface area contributed by atoms with Gasteiger partial charge in [0, 0.05) is 16.8 Å². The summed E-state index contributed by atoms with van der Waals surface area (Å²) in [7, 11) is 2.14. The van der Waals surface area contributed by atoms with Gasteiger partial charge in [0.1, 0.15) is 0 Å². The third-order valence-corrected chi connectivity index (χ3v) is 3.94. The van der Waals surface area contributed by atoms with Crippen molar-refractivity contribution in [3.63, 3.8) is 0 Å². The second-order valence-corrected chi connectivity index (χ2v) is 6.25. The molecule has 0 amide bonds. The first kappa shape index (κ1) is 14.2. The number of hydrogen-bond donors (Lipinski definition) is 2. The number of nitrogens with two attached hydrogens (primary N) is 1. The Morgan fingerprint density at radius 2 is 2.24 bits per heavy atom. The number of amidine groups is 1. The molecule has 0 saturated heterocycles. The maximum absolute atomic E-state index is 7.51. The molecule has 1 aromatic rings. The lowest BCUT2D eigenvalue weighted by molar-refractivity contribution is 0.302. The average molecular weight is 253 g/mol. The van der Waals surface area contributed by atoms with E-state index in [2.05, 4.69) is 29.5 Å². The summed E-state index contributed by atoms with van der Waals surface area (Å²) < 4.78 is 0. The van der Waals surface area contributed by atoms with Crippen molar-refractivity contribution in [2.24, 2.45) is 11.1 Å². The molecule has 17 heavy (non-hydrogen) atoms. The van der Waals surface area contributed by atoms with E-state index < -0.39 is 0 Å². The molecular formula is C13H23N3S. The summed E-state index contributed by atoms with van der Waals surface area (Å²) in [6.45, 7) is 6.13. The fourth-order valence-electron chi connectivity index (χ4n) is 1.67. The van der Waals surface area contributed by atoms with Crippen LogP contribution in [0.4, 0.5) is 0 Å². The van der Waals surface area contributed by atoms with Crippen LogP contribution in [0.5, 0.6) is 0 Å². The molecule has 0 bridgehead atoms. The number of thiophene rings is 1. The predicted molar refractivity (Wildman–Crippen MR) is 75.6 cm³/mol. The van der Waals surface area contributed by atoms with Crippen molar-refractivity contribution in [1.82, 2.24) is 4.90 Å². The summed E-state index contributed by atoms with van der Waals surface area (Å²) >= 11 is 1.80. The number of hydrogen-bond acceptors (Lipinski definition) is 3. The maximum Gasteiger partial charge on any atom is 0.0963 e. The minimum Gasteiger partial charge on any atom is -0.387 e. The van der Waals surface area contributed by atoms with Crippen LogP contribution in [0, 0.1) is 10.8 Å². The smallest absolute Gasteiger partial charge is 0.0963 e. The van der Waals surface area contributed by atoms with E-state index in [9.17, 15) is 0 Å². The van der Waals surface area contributed by atoms with Gasteiger partial charge < -0.3 is 10.6 Å². The highest BCUT2D eigenvalue weighted by Gasteiger charge is 2.20. The van der Waals surface area contributed by atoms with Crippen molar-refractivity contribution >= 4 is 17.2 Å². The average Bonchev–Trinajstić information content (AvgIpc) is 2.69. The quantitative estimate of drug-likeness (QED) is 0.580. The van der Waals surface area contributed by atoms with E-state index in [1.54, 1.807) is 11.3 Å². The zero-order chi connectivity index (χ0) is 12.9. The molecule has 1 aromatic heterocycles. The number of nitrogens with one attached hydrogen (secondary N) is 1. The minimum absolute atomic E-state index is 0.163. The Morgan fingerprint density at radius 1 is 1.53 bits per heavy atom. The Hall–Kier alpha value is -0.870. The van der Waals surface area contributed by atoms with Crippen LogP contribution in [0.15, 0.2) is 17.5 Å². The van der Waals surface area contributed by atoms with Gasteiger partial charge in [-0.25, -0.2) is 0 Å². The highest BCUT2D eigenvalue weighted by molar-refractivity contribution is 7.09. The molecule has 3 nitrogen and oxygen atoms in total. The number of nitrogens with zero attached hydrogens (tertiary/aromatic N) is 1. The molecule has 0 aliphatic carbocycles. The van der Waals surface area contributed by atoms with Crippen LogP contribution in [0.1, 0.15) is 31.6 Å². The zero-order valence-corrected chi connectivity index (χ0v) is 11.8. The van der Waals surface area contributed by atoms with Crippen LogP contribution in [0.3, 0.4) is 0 Å². The van der Waals surface area contributed by atoms with Crippen molar-refractivity contribution in [2.75, 3.05) is 13.6 Å². The molecule has 0 saturated carbocycles. The van der Waals surface area contributed by atoms with E-state index in [4.69, 9.17) is 11.1 Å². The predicted octanol–water partition coefficient (Wildman–Crippen LogP) is 2.92. The van der Waals surface area contributed by atoms with Gasteiger partial charge in [0.25, 0.3) is 0 Å². The topological polar surface area (TPSA) is 53.1 Å². The Bertz CT molecular complexity index is 344. The van der Waals surface area contributed by atoms with Gasteiger partial charge in [0.15, 0.2) is 0 Å². The van der Waals surface area contributed by atoms with Gasteiger partial charge in [-0.05, 0) is 37.9 Å². The van der Waals surface area contributed by atoms with Crippen LogP contribution in [-0.4, -0.2) is 24.3 Å². The normalized spacial score (nSPS) is 12.0. The van der Waals surface area contributed by atoms with Crippen LogP contribution < -0.4 is 5.73 Å². The highest BCUT2D eigenvalue weighted by Crippen LogP contribution is 2.22. The largest absolute Gasteiger partial charge is 0.387 e. The van der Waals surface area contributed by atoms with Gasteiger partial charge in [0.2, 0.25) is 0 Å². The second-order valence-electron chi connectivity index (χ2n) is 5.22. The van der Waals surface area contributed by atoms with E-state index in [1.165, 1.54) is 4.88 Å². The summed E-state index contributed by atoms with van der Waals surface area (Å²) in [5.41, 5.74) is 5.41. The van der Waals surface area contributed by atoms with Crippen molar-refractivity contribution in [1.29, 1.82) is 5.41 Å². The molecule has 3 N–H and O–H groups in total. The van der Waals surface area contributed by atoms with Crippen LogP contribution in [-0.2, 0) is 6.54 Å².